The summed E-state index contributed by atoms with van der Waals surface area (Å²) in [7, 11) is 1.71. The van der Waals surface area contributed by atoms with Gasteiger partial charge in [0.25, 0.3) is 0 Å². The second kappa shape index (κ2) is 7.92. The Balaban J connectivity index is 2.45. The van der Waals surface area contributed by atoms with Crippen molar-refractivity contribution in [1.82, 2.24) is 4.90 Å². The number of aliphatic hydroxyl groups excluding tert-OH is 1. The zero-order valence-corrected chi connectivity index (χ0v) is 11.8. The highest BCUT2D eigenvalue weighted by atomic mass is 16.3. The Labute approximate surface area is 115 Å². The van der Waals surface area contributed by atoms with E-state index in [1.807, 2.05) is 0 Å². The van der Waals surface area contributed by atoms with E-state index in [0.29, 0.717) is 6.54 Å². The molecule has 0 aromatic heterocycles. The van der Waals surface area contributed by atoms with Gasteiger partial charge in [-0.25, -0.2) is 0 Å². The molecule has 1 rings (SSSR count). The van der Waals surface area contributed by atoms with Gasteiger partial charge in [-0.2, -0.15) is 0 Å². The van der Waals surface area contributed by atoms with Crippen LogP contribution in [0.15, 0.2) is 24.3 Å². The Morgan fingerprint density at radius 2 is 1.79 bits per heavy atom. The van der Waals surface area contributed by atoms with Crippen LogP contribution in [0.1, 0.15) is 24.5 Å². The highest BCUT2D eigenvalue weighted by molar-refractivity contribution is 5.81. The third kappa shape index (κ3) is 5.01. The molecule has 4 heteroatoms. The number of carbonyl (C=O) groups excluding carboxylic acids is 1. The molecule has 106 valence electrons. The van der Waals surface area contributed by atoms with Gasteiger partial charge in [0.1, 0.15) is 6.04 Å². The van der Waals surface area contributed by atoms with Crippen LogP contribution in [-0.2, 0) is 17.6 Å². The molecule has 19 heavy (non-hydrogen) atoms. The first kappa shape index (κ1) is 15.7. The number of benzene rings is 1. The average molecular weight is 264 g/mol. The minimum atomic E-state index is -0.808. The highest BCUT2D eigenvalue weighted by Crippen LogP contribution is 2.08. The number of aliphatic hydroxyl groups is 1. The smallest absolute Gasteiger partial charge is 0.241 e. The Hall–Kier alpha value is -1.39. The first-order valence-electron chi connectivity index (χ1n) is 6.77. The SMILES string of the molecule is CCCc1ccc(CCN(C)C(=O)C(N)CO)cc1. The first-order valence-corrected chi connectivity index (χ1v) is 6.77. The summed E-state index contributed by atoms with van der Waals surface area (Å²) in [5.74, 6) is -0.217. The Morgan fingerprint density at radius 3 is 2.26 bits per heavy atom. The molecule has 1 amide bonds. The van der Waals surface area contributed by atoms with Gasteiger partial charge >= 0.3 is 0 Å². The molecule has 0 heterocycles. The van der Waals surface area contributed by atoms with Gasteiger partial charge in [0, 0.05) is 13.6 Å². The van der Waals surface area contributed by atoms with Crippen molar-refractivity contribution >= 4 is 5.91 Å². The van der Waals surface area contributed by atoms with E-state index < -0.39 is 6.04 Å². The zero-order valence-electron chi connectivity index (χ0n) is 11.8. The molecule has 1 aromatic rings. The van der Waals surface area contributed by atoms with Crippen molar-refractivity contribution in [3.05, 3.63) is 35.4 Å². The van der Waals surface area contributed by atoms with Crippen molar-refractivity contribution < 1.29 is 9.90 Å². The van der Waals surface area contributed by atoms with Crippen LogP contribution < -0.4 is 5.73 Å². The number of hydrogen-bond donors (Lipinski definition) is 2. The van der Waals surface area contributed by atoms with Crippen LogP contribution in [-0.4, -0.2) is 42.2 Å². The fraction of sp³-hybridized carbons (Fsp3) is 0.533. The summed E-state index contributed by atoms with van der Waals surface area (Å²) in [6.07, 6.45) is 3.05. The monoisotopic (exact) mass is 264 g/mol. The van der Waals surface area contributed by atoms with Crippen molar-refractivity contribution in [2.75, 3.05) is 20.2 Å². The minimum absolute atomic E-state index is 0.217. The lowest BCUT2D eigenvalue weighted by molar-refractivity contribution is -0.132. The van der Waals surface area contributed by atoms with Crippen LogP contribution in [0.5, 0.6) is 0 Å². The van der Waals surface area contributed by atoms with Crippen molar-refractivity contribution in [2.24, 2.45) is 5.73 Å². The molecule has 0 saturated heterocycles. The number of rotatable bonds is 7. The molecular weight excluding hydrogens is 240 g/mol. The number of carbonyl (C=O) groups is 1. The van der Waals surface area contributed by atoms with Gasteiger partial charge in [0.05, 0.1) is 6.61 Å². The average Bonchev–Trinajstić information content (AvgIpc) is 2.44. The largest absolute Gasteiger partial charge is 0.394 e. The molecule has 0 aliphatic heterocycles. The number of nitrogens with two attached hydrogens (primary N) is 1. The van der Waals surface area contributed by atoms with E-state index in [2.05, 4.69) is 31.2 Å². The van der Waals surface area contributed by atoms with Crippen molar-refractivity contribution in [3.63, 3.8) is 0 Å². The molecule has 0 saturated carbocycles. The minimum Gasteiger partial charge on any atom is -0.394 e. The molecule has 1 unspecified atom stereocenters. The van der Waals surface area contributed by atoms with E-state index >= 15 is 0 Å². The van der Waals surface area contributed by atoms with Gasteiger partial charge in [-0.3, -0.25) is 4.79 Å². The van der Waals surface area contributed by atoms with Gasteiger partial charge in [0.2, 0.25) is 5.91 Å². The molecule has 0 radical (unpaired) electrons. The standard InChI is InChI=1S/C15H24N2O2/c1-3-4-12-5-7-13(8-6-12)9-10-17(2)15(19)14(16)11-18/h5-8,14,18H,3-4,9-11,16H2,1-2H3. The molecule has 1 atom stereocenters. The first-order chi connectivity index (χ1) is 9.08. The predicted molar refractivity (Wildman–Crippen MR) is 76.8 cm³/mol. The molecule has 0 bridgehead atoms. The summed E-state index contributed by atoms with van der Waals surface area (Å²) in [5.41, 5.74) is 8.05. The summed E-state index contributed by atoms with van der Waals surface area (Å²) in [6.45, 7) is 2.47. The zero-order chi connectivity index (χ0) is 14.3. The van der Waals surface area contributed by atoms with E-state index in [9.17, 15) is 4.79 Å². The van der Waals surface area contributed by atoms with Gasteiger partial charge in [-0.05, 0) is 24.0 Å². The number of aryl methyl sites for hydroxylation is 1. The number of nitrogens with zero attached hydrogens (tertiary/aromatic N) is 1. The molecule has 0 spiro atoms. The van der Waals surface area contributed by atoms with Crippen LogP contribution in [0.2, 0.25) is 0 Å². The maximum atomic E-state index is 11.7. The Kier molecular flexibility index (Phi) is 6.53. The Morgan fingerprint density at radius 1 is 1.26 bits per heavy atom. The van der Waals surface area contributed by atoms with E-state index in [4.69, 9.17) is 10.8 Å². The van der Waals surface area contributed by atoms with Gasteiger partial charge in [-0.1, -0.05) is 37.6 Å². The summed E-state index contributed by atoms with van der Waals surface area (Å²) < 4.78 is 0. The quantitative estimate of drug-likeness (QED) is 0.771. The summed E-state index contributed by atoms with van der Waals surface area (Å²) in [5, 5.41) is 8.85. The highest BCUT2D eigenvalue weighted by Gasteiger charge is 2.16. The second-order valence-corrected chi connectivity index (χ2v) is 4.87. The van der Waals surface area contributed by atoms with Gasteiger partial charge < -0.3 is 15.7 Å². The molecule has 0 fully saturated rings. The summed E-state index contributed by atoms with van der Waals surface area (Å²) in [6, 6.07) is 7.68. The van der Waals surface area contributed by atoms with Crippen molar-refractivity contribution in [3.8, 4) is 0 Å². The van der Waals surface area contributed by atoms with Crippen LogP contribution in [0.3, 0.4) is 0 Å². The lowest BCUT2D eigenvalue weighted by atomic mass is 10.1. The summed E-state index contributed by atoms with van der Waals surface area (Å²) >= 11 is 0. The maximum absolute atomic E-state index is 11.7. The third-order valence-electron chi connectivity index (χ3n) is 3.19. The molecular formula is C15H24N2O2. The van der Waals surface area contributed by atoms with E-state index in [1.165, 1.54) is 11.1 Å². The fourth-order valence-corrected chi connectivity index (χ4v) is 1.93. The van der Waals surface area contributed by atoms with Crippen LogP contribution in [0.4, 0.5) is 0 Å². The van der Waals surface area contributed by atoms with E-state index in [-0.39, 0.29) is 12.5 Å². The normalized spacial score (nSPS) is 12.2. The molecule has 4 nitrogen and oxygen atoms in total. The van der Waals surface area contributed by atoms with Crippen LogP contribution in [0.25, 0.3) is 0 Å². The number of likely N-dealkylation sites (N-methyl/N-ethyl adjacent to an activating group) is 1. The predicted octanol–water partition coefficient (Wildman–Crippen LogP) is 0.960. The van der Waals surface area contributed by atoms with E-state index in [0.717, 1.165) is 19.3 Å². The summed E-state index contributed by atoms with van der Waals surface area (Å²) in [4.78, 5) is 13.2. The lowest BCUT2D eigenvalue weighted by Gasteiger charge is -2.20. The molecule has 1 aromatic carbocycles. The van der Waals surface area contributed by atoms with Crippen LogP contribution in [0, 0.1) is 0 Å². The number of hydrogen-bond acceptors (Lipinski definition) is 3. The second-order valence-electron chi connectivity index (χ2n) is 4.87. The number of amides is 1. The van der Waals surface area contributed by atoms with Crippen molar-refractivity contribution in [1.29, 1.82) is 0 Å². The lowest BCUT2D eigenvalue weighted by Crippen LogP contribution is -2.44. The fourth-order valence-electron chi connectivity index (χ4n) is 1.93. The molecule has 0 aliphatic carbocycles. The third-order valence-corrected chi connectivity index (χ3v) is 3.19. The maximum Gasteiger partial charge on any atom is 0.241 e. The van der Waals surface area contributed by atoms with Gasteiger partial charge in [-0.15, -0.1) is 0 Å². The molecule has 3 N–H and O–H groups in total. The van der Waals surface area contributed by atoms with Crippen LogP contribution >= 0.6 is 0 Å². The Bertz CT molecular complexity index is 390. The van der Waals surface area contributed by atoms with Crippen molar-refractivity contribution in [2.45, 2.75) is 32.2 Å². The molecule has 0 aliphatic rings. The van der Waals surface area contributed by atoms with Gasteiger partial charge in [0.15, 0.2) is 0 Å². The van der Waals surface area contributed by atoms with E-state index in [1.54, 1.807) is 11.9 Å². The topological polar surface area (TPSA) is 66.6 Å².